The molecule has 30 heavy (non-hydrogen) atoms. The zero-order valence-electron chi connectivity index (χ0n) is 16.4. The normalized spacial score (nSPS) is 13.7. The summed E-state index contributed by atoms with van der Waals surface area (Å²) in [6.07, 6.45) is 0. The highest BCUT2D eigenvalue weighted by molar-refractivity contribution is 9.10. The number of nitrogens with zero attached hydrogens (tertiary/aromatic N) is 1. The molecule has 2 N–H and O–H groups in total. The van der Waals surface area contributed by atoms with Crippen molar-refractivity contribution in [1.29, 1.82) is 0 Å². The molecule has 0 aliphatic carbocycles. The third-order valence-corrected chi connectivity index (χ3v) is 5.76. The first-order chi connectivity index (χ1) is 14.6. The van der Waals surface area contributed by atoms with E-state index in [-0.39, 0.29) is 5.91 Å². The van der Waals surface area contributed by atoms with E-state index in [2.05, 4.69) is 32.4 Å². The van der Waals surface area contributed by atoms with Crippen LogP contribution in [0.25, 0.3) is 22.0 Å². The van der Waals surface area contributed by atoms with Gasteiger partial charge in [0.25, 0.3) is 5.91 Å². The average Bonchev–Trinajstić information content (AvgIpc) is 3.13. The number of ether oxygens (including phenoxy) is 1. The SMILES string of the molecule is Cc1ccc2c(c1)CN(NC(=O)c1[nH]c3ccc(Br)cc3c1-c1ccccc1)CO2. The number of hydrazine groups is 1. The molecule has 0 spiro atoms. The highest BCUT2D eigenvalue weighted by Crippen LogP contribution is 2.34. The lowest BCUT2D eigenvalue weighted by Crippen LogP contribution is -2.46. The number of nitrogens with one attached hydrogen (secondary N) is 2. The zero-order valence-corrected chi connectivity index (χ0v) is 18.0. The standard InChI is InChI=1S/C24H20BrN3O2/c1-15-7-10-21-17(11-15)13-28(14-30-21)27-24(29)23-22(16-5-3-2-4-6-16)19-12-18(25)8-9-20(19)26-23/h2-12,26H,13-14H2,1H3,(H,27,29). The van der Waals surface area contributed by atoms with Crippen LogP contribution in [0.3, 0.4) is 0 Å². The first-order valence-corrected chi connectivity index (χ1v) is 10.5. The Morgan fingerprint density at radius 3 is 2.77 bits per heavy atom. The second kappa shape index (κ2) is 7.63. The van der Waals surface area contributed by atoms with Gasteiger partial charge in [0, 0.05) is 26.5 Å². The summed E-state index contributed by atoms with van der Waals surface area (Å²) in [4.78, 5) is 16.6. The maximum Gasteiger partial charge on any atom is 0.282 e. The molecule has 3 aromatic carbocycles. The zero-order chi connectivity index (χ0) is 20.7. The highest BCUT2D eigenvalue weighted by Gasteiger charge is 2.24. The molecule has 1 aromatic heterocycles. The molecule has 150 valence electrons. The number of rotatable bonds is 3. The van der Waals surface area contributed by atoms with Gasteiger partial charge in [-0.05, 0) is 36.8 Å². The van der Waals surface area contributed by atoms with Crippen LogP contribution in [0.15, 0.2) is 71.2 Å². The Morgan fingerprint density at radius 2 is 1.93 bits per heavy atom. The lowest BCUT2D eigenvalue weighted by Gasteiger charge is -2.29. The van der Waals surface area contributed by atoms with Gasteiger partial charge in [-0.1, -0.05) is 64.0 Å². The van der Waals surface area contributed by atoms with Crippen molar-refractivity contribution in [3.8, 4) is 16.9 Å². The minimum Gasteiger partial charge on any atom is -0.476 e. The van der Waals surface area contributed by atoms with Crippen LogP contribution in [-0.4, -0.2) is 22.6 Å². The summed E-state index contributed by atoms with van der Waals surface area (Å²) in [6.45, 7) is 2.94. The molecule has 1 amide bonds. The lowest BCUT2D eigenvalue weighted by atomic mass is 10.0. The molecule has 0 radical (unpaired) electrons. The van der Waals surface area contributed by atoms with Crippen molar-refractivity contribution in [2.45, 2.75) is 13.5 Å². The molecule has 0 saturated carbocycles. The first-order valence-electron chi connectivity index (χ1n) is 9.73. The summed E-state index contributed by atoms with van der Waals surface area (Å²) in [7, 11) is 0. The van der Waals surface area contributed by atoms with E-state index in [0.29, 0.717) is 19.0 Å². The molecule has 0 bridgehead atoms. The Labute approximate surface area is 182 Å². The maximum atomic E-state index is 13.3. The van der Waals surface area contributed by atoms with Gasteiger partial charge in [0.2, 0.25) is 0 Å². The maximum absolute atomic E-state index is 13.3. The van der Waals surface area contributed by atoms with Gasteiger partial charge in [-0.2, -0.15) is 5.01 Å². The van der Waals surface area contributed by atoms with E-state index in [1.807, 2.05) is 67.6 Å². The van der Waals surface area contributed by atoms with E-state index in [1.54, 1.807) is 5.01 Å². The van der Waals surface area contributed by atoms with Crippen LogP contribution < -0.4 is 10.2 Å². The molecule has 0 unspecified atom stereocenters. The van der Waals surface area contributed by atoms with Crippen molar-refractivity contribution >= 4 is 32.7 Å². The molecule has 5 rings (SSSR count). The number of carbonyl (C=O) groups is 1. The molecular formula is C24H20BrN3O2. The average molecular weight is 462 g/mol. The Kier molecular flexibility index (Phi) is 4.81. The van der Waals surface area contributed by atoms with Crippen molar-refractivity contribution in [2.75, 3.05) is 6.73 Å². The summed E-state index contributed by atoms with van der Waals surface area (Å²) in [6, 6.07) is 22.0. The van der Waals surface area contributed by atoms with Gasteiger partial charge >= 0.3 is 0 Å². The van der Waals surface area contributed by atoms with E-state index in [4.69, 9.17) is 4.74 Å². The predicted molar refractivity (Wildman–Crippen MR) is 121 cm³/mol. The van der Waals surface area contributed by atoms with E-state index < -0.39 is 0 Å². The number of hydrogen-bond donors (Lipinski definition) is 2. The molecule has 1 aliphatic heterocycles. The molecule has 0 atom stereocenters. The molecule has 2 heterocycles. The Hall–Kier alpha value is -3.09. The fraction of sp³-hybridized carbons (Fsp3) is 0.125. The number of benzene rings is 3. The van der Waals surface area contributed by atoms with Crippen LogP contribution >= 0.6 is 15.9 Å². The lowest BCUT2D eigenvalue weighted by molar-refractivity contribution is 0.0389. The monoisotopic (exact) mass is 461 g/mol. The van der Waals surface area contributed by atoms with Crippen LogP contribution in [0.2, 0.25) is 0 Å². The molecule has 1 aliphatic rings. The second-order valence-electron chi connectivity index (χ2n) is 7.45. The molecule has 5 nitrogen and oxygen atoms in total. The van der Waals surface area contributed by atoms with Gasteiger partial charge in [0.1, 0.15) is 11.4 Å². The van der Waals surface area contributed by atoms with Crippen molar-refractivity contribution in [1.82, 2.24) is 15.4 Å². The van der Waals surface area contributed by atoms with E-state index in [9.17, 15) is 4.79 Å². The molecule has 6 heteroatoms. The number of fused-ring (bicyclic) bond motifs is 2. The predicted octanol–water partition coefficient (Wildman–Crippen LogP) is 5.40. The van der Waals surface area contributed by atoms with Crippen molar-refractivity contribution in [3.05, 3.63) is 88.0 Å². The Bertz CT molecular complexity index is 1250. The van der Waals surface area contributed by atoms with Gasteiger partial charge in [0.15, 0.2) is 6.73 Å². The number of aryl methyl sites for hydroxylation is 1. The summed E-state index contributed by atoms with van der Waals surface area (Å²) >= 11 is 3.55. The van der Waals surface area contributed by atoms with Crippen molar-refractivity contribution in [2.24, 2.45) is 0 Å². The van der Waals surface area contributed by atoms with Crippen LogP contribution in [0.1, 0.15) is 21.6 Å². The second-order valence-corrected chi connectivity index (χ2v) is 8.37. The molecule has 4 aromatic rings. The summed E-state index contributed by atoms with van der Waals surface area (Å²) in [5, 5.41) is 2.79. The van der Waals surface area contributed by atoms with Crippen LogP contribution in [0.4, 0.5) is 0 Å². The van der Waals surface area contributed by atoms with Crippen molar-refractivity contribution < 1.29 is 9.53 Å². The smallest absolute Gasteiger partial charge is 0.282 e. The summed E-state index contributed by atoms with van der Waals surface area (Å²) in [5.74, 6) is 0.674. The number of H-pyrrole nitrogens is 1. The number of hydrogen-bond acceptors (Lipinski definition) is 3. The minimum atomic E-state index is -0.194. The molecule has 0 saturated heterocycles. The van der Waals surface area contributed by atoms with E-state index >= 15 is 0 Å². The highest BCUT2D eigenvalue weighted by atomic mass is 79.9. The van der Waals surface area contributed by atoms with Gasteiger partial charge in [-0.15, -0.1) is 0 Å². The van der Waals surface area contributed by atoms with Crippen molar-refractivity contribution in [3.63, 3.8) is 0 Å². The number of aromatic amines is 1. The summed E-state index contributed by atoms with van der Waals surface area (Å²) in [5.41, 5.74) is 8.56. The number of amides is 1. The fourth-order valence-electron chi connectivity index (χ4n) is 3.88. The number of aromatic nitrogens is 1. The Morgan fingerprint density at radius 1 is 1.10 bits per heavy atom. The van der Waals surface area contributed by atoms with Gasteiger partial charge in [-0.3, -0.25) is 10.2 Å². The quantitative estimate of drug-likeness (QED) is 0.429. The van der Waals surface area contributed by atoms with Crippen LogP contribution in [0, 0.1) is 6.92 Å². The van der Waals surface area contributed by atoms with Gasteiger partial charge < -0.3 is 9.72 Å². The Balaban J connectivity index is 1.49. The topological polar surface area (TPSA) is 57.4 Å². The summed E-state index contributed by atoms with van der Waals surface area (Å²) < 4.78 is 6.78. The molecule has 0 fully saturated rings. The minimum absolute atomic E-state index is 0.194. The van der Waals surface area contributed by atoms with Crippen LogP contribution in [-0.2, 0) is 6.54 Å². The van der Waals surface area contributed by atoms with Gasteiger partial charge in [0.05, 0.1) is 6.54 Å². The largest absolute Gasteiger partial charge is 0.476 e. The first kappa shape index (κ1) is 18.9. The third-order valence-electron chi connectivity index (χ3n) is 5.26. The number of carbonyl (C=O) groups excluding carboxylic acids is 1. The van der Waals surface area contributed by atoms with Gasteiger partial charge in [-0.25, -0.2) is 0 Å². The van der Waals surface area contributed by atoms with E-state index in [1.165, 1.54) is 0 Å². The molecular weight excluding hydrogens is 442 g/mol. The fourth-order valence-corrected chi connectivity index (χ4v) is 4.24. The number of halogens is 1. The van der Waals surface area contributed by atoms with Crippen LogP contribution in [0.5, 0.6) is 5.75 Å². The van der Waals surface area contributed by atoms with E-state index in [0.717, 1.165) is 43.4 Å². The third kappa shape index (κ3) is 3.49.